The summed E-state index contributed by atoms with van der Waals surface area (Å²) in [6.07, 6.45) is 4.09. The molecule has 0 atom stereocenters. The van der Waals surface area contributed by atoms with E-state index >= 15 is 0 Å². The zero-order valence-electron chi connectivity index (χ0n) is 13.1. The molecular weight excluding hydrogens is 248 g/mol. The van der Waals surface area contributed by atoms with Crippen molar-refractivity contribution in [1.82, 2.24) is 10.2 Å². The summed E-state index contributed by atoms with van der Waals surface area (Å²) < 4.78 is 5.98. The van der Waals surface area contributed by atoms with Crippen LogP contribution >= 0.6 is 0 Å². The Morgan fingerprint density at radius 1 is 1.30 bits per heavy atom. The Bertz CT molecular complexity index is 402. The third-order valence-corrected chi connectivity index (χ3v) is 4.07. The molecule has 0 aliphatic heterocycles. The molecule has 0 amide bonds. The van der Waals surface area contributed by atoms with E-state index in [1.165, 1.54) is 24.8 Å². The van der Waals surface area contributed by atoms with Crippen molar-refractivity contribution in [3.63, 3.8) is 0 Å². The number of benzene rings is 1. The zero-order valence-corrected chi connectivity index (χ0v) is 13.1. The van der Waals surface area contributed by atoms with Crippen LogP contribution in [0.15, 0.2) is 24.3 Å². The van der Waals surface area contributed by atoms with E-state index in [0.717, 1.165) is 31.5 Å². The van der Waals surface area contributed by atoms with Gasteiger partial charge in [0.25, 0.3) is 0 Å². The minimum atomic E-state index is 0.493. The van der Waals surface area contributed by atoms with Gasteiger partial charge in [-0.1, -0.05) is 38.5 Å². The topological polar surface area (TPSA) is 24.5 Å². The van der Waals surface area contributed by atoms with Crippen molar-refractivity contribution in [1.29, 1.82) is 0 Å². The van der Waals surface area contributed by atoms with Crippen molar-refractivity contribution < 1.29 is 4.74 Å². The first-order valence-electron chi connectivity index (χ1n) is 7.81. The largest absolute Gasteiger partial charge is 0.492 e. The van der Waals surface area contributed by atoms with E-state index in [2.05, 4.69) is 49.3 Å². The molecule has 0 unspecified atom stereocenters. The molecule has 1 aliphatic rings. The predicted molar refractivity (Wildman–Crippen MR) is 84.2 cm³/mol. The molecule has 0 spiro atoms. The Morgan fingerprint density at radius 3 is 2.70 bits per heavy atom. The number of nitrogens with zero attached hydrogens (tertiary/aromatic N) is 1. The van der Waals surface area contributed by atoms with Crippen molar-refractivity contribution in [3.05, 3.63) is 29.8 Å². The van der Waals surface area contributed by atoms with Crippen LogP contribution in [-0.2, 0) is 6.54 Å². The van der Waals surface area contributed by atoms with Gasteiger partial charge in [0.05, 0.1) is 0 Å². The van der Waals surface area contributed by atoms with Crippen LogP contribution in [0.4, 0.5) is 0 Å². The fraction of sp³-hybridized carbons (Fsp3) is 0.647. The van der Waals surface area contributed by atoms with Crippen molar-refractivity contribution in [3.8, 4) is 5.75 Å². The summed E-state index contributed by atoms with van der Waals surface area (Å²) in [5, 5.41) is 3.45. The van der Waals surface area contributed by atoms with E-state index in [1.54, 1.807) is 0 Å². The van der Waals surface area contributed by atoms with Crippen LogP contribution in [0.1, 0.15) is 38.7 Å². The van der Waals surface area contributed by atoms with Gasteiger partial charge >= 0.3 is 0 Å². The third kappa shape index (κ3) is 4.50. The lowest BCUT2D eigenvalue weighted by atomic mass is 9.92. The molecule has 1 N–H and O–H groups in total. The Hall–Kier alpha value is -1.06. The summed E-state index contributed by atoms with van der Waals surface area (Å²) in [7, 11) is 2.21. The highest BCUT2D eigenvalue weighted by molar-refractivity contribution is 5.33. The fourth-order valence-corrected chi connectivity index (χ4v) is 2.41. The molecule has 1 saturated carbocycles. The highest BCUT2D eigenvalue weighted by atomic mass is 16.5. The minimum absolute atomic E-state index is 0.493. The first-order chi connectivity index (χ1) is 9.66. The second-order valence-corrected chi connectivity index (χ2v) is 6.06. The molecule has 0 radical (unpaired) electrons. The molecule has 1 aromatic rings. The third-order valence-electron chi connectivity index (χ3n) is 4.07. The van der Waals surface area contributed by atoms with E-state index in [1.807, 2.05) is 6.07 Å². The van der Waals surface area contributed by atoms with Crippen LogP contribution in [0.2, 0.25) is 0 Å². The lowest BCUT2D eigenvalue weighted by molar-refractivity contribution is 0.135. The summed E-state index contributed by atoms with van der Waals surface area (Å²) in [5.74, 6) is 1.02. The standard InChI is InChI=1S/C17H28N2O/c1-14(2)18-13-15-7-4-5-10-17(15)20-12-11-19(3)16-8-6-9-16/h4-5,7,10,14,16,18H,6,8-9,11-13H2,1-3H3. The summed E-state index contributed by atoms with van der Waals surface area (Å²) in [6.45, 7) is 6.97. The molecule has 2 rings (SSSR count). The quantitative estimate of drug-likeness (QED) is 0.790. The summed E-state index contributed by atoms with van der Waals surface area (Å²) >= 11 is 0. The number of rotatable bonds is 8. The van der Waals surface area contributed by atoms with E-state index < -0.39 is 0 Å². The highest BCUT2D eigenvalue weighted by Crippen LogP contribution is 2.23. The first kappa shape index (κ1) is 15.3. The molecule has 0 aromatic heterocycles. The van der Waals surface area contributed by atoms with E-state index in [9.17, 15) is 0 Å². The first-order valence-corrected chi connectivity index (χ1v) is 7.81. The summed E-state index contributed by atoms with van der Waals surface area (Å²) in [4.78, 5) is 2.43. The smallest absolute Gasteiger partial charge is 0.123 e. The van der Waals surface area contributed by atoms with Gasteiger partial charge in [-0.2, -0.15) is 0 Å². The molecule has 0 saturated heterocycles. The number of ether oxygens (including phenoxy) is 1. The van der Waals surface area contributed by atoms with Crippen molar-refractivity contribution in [2.24, 2.45) is 0 Å². The Kier molecular flexibility index (Phi) is 5.86. The normalized spacial score (nSPS) is 15.7. The predicted octanol–water partition coefficient (Wildman–Crippen LogP) is 3.05. The van der Waals surface area contributed by atoms with Crippen LogP contribution in [0.3, 0.4) is 0 Å². The van der Waals surface area contributed by atoms with E-state index in [0.29, 0.717) is 6.04 Å². The van der Waals surface area contributed by atoms with Crippen LogP contribution in [0.25, 0.3) is 0 Å². The van der Waals surface area contributed by atoms with E-state index in [-0.39, 0.29) is 0 Å². The lowest BCUT2D eigenvalue weighted by Crippen LogP contribution is -2.39. The average Bonchev–Trinajstić information content (AvgIpc) is 2.35. The Morgan fingerprint density at radius 2 is 2.05 bits per heavy atom. The van der Waals surface area contributed by atoms with Gasteiger partial charge in [0.15, 0.2) is 0 Å². The van der Waals surface area contributed by atoms with Gasteiger partial charge in [0, 0.05) is 30.7 Å². The number of hydrogen-bond acceptors (Lipinski definition) is 3. The summed E-state index contributed by atoms with van der Waals surface area (Å²) in [6, 6.07) is 9.61. The average molecular weight is 276 g/mol. The lowest BCUT2D eigenvalue weighted by Gasteiger charge is -2.34. The molecule has 112 valence electrons. The number of hydrogen-bond donors (Lipinski definition) is 1. The van der Waals surface area contributed by atoms with Crippen LogP contribution < -0.4 is 10.1 Å². The highest BCUT2D eigenvalue weighted by Gasteiger charge is 2.21. The second kappa shape index (κ2) is 7.65. The minimum Gasteiger partial charge on any atom is -0.492 e. The molecule has 20 heavy (non-hydrogen) atoms. The monoisotopic (exact) mass is 276 g/mol. The van der Waals surface area contributed by atoms with Crippen LogP contribution in [-0.4, -0.2) is 37.2 Å². The van der Waals surface area contributed by atoms with Gasteiger partial charge in [-0.15, -0.1) is 0 Å². The molecule has 0 heterocycles. The molecule has 1 fully saturated rings. The van der Waals surface area contributed by atoms with Gasteiger partial charge in [0.1, 0.15) is 12.4 Å². The molecular formula is C17H28N2O. The van der Waals surface area contributed by atoms with Crippen molar-refractivity contribution in [2.75, 3.05) is 20.2 Å². The maximum Gasteiger partial charge on any atom is 0.123 e. The van der Waals surface area contributed by atoms with Gasteiger partial charge in [0.2, 0.25) is 0 Å². The Balaban J connectivity index is 1.79. The van der Waals surface area contributed by atoms with Gasteiger partial charge in [-0.25, -0.2) is 0 Å². The fourth-order valence-electron chi connectivity index (χ4n) is 2.41. The Labute approximate surface area is 123 Å². The van der Waals surface area contributed by atoms with Crippen molar-refractivity contribution in [2.45, 2.75) is 51.7 Å². The van der Waals surface area contributed by atoms with E-state index in [4.69, 9.17) is 4.74 Å². The number of likely N-dealkylation sites (N-methyl/N-ethyl adjacent to an activating group) is 1. The van der Waals surface area contributed by atoms with Crippen LogP contribution in [0.5, 0.6) is 5.75 Å². The number of para-hydroxylation sites is 1. The molecule has 0 bridgehead atoms. The molecule has 1 aliphatic carbocycles. The van der Waals surface area contributed by atoms with Gasteiger partial charge in [-0.05, 0) is 26.0 Å². The molecule has 1 aromatic carbocycles. The van der Waals surface area contributed by atoms with Gasteiger partial charge in [-0.3, -0.25) is 0 Å². The molecule has 3 heteroatoms. The zero-order chi connectivity index (χ0) is 14.4. The summed E-state index contributed by atoms with van der Waals surface area (Å²) in [5.41, 5.74) is 1.24. The SMILES string of the molecule is CC(C)NCc1ccccc1OCCN(C)C1CCC1. The maximum atomic E-state index is 5.98. The number of nitrogens with one attached hydrogen (secondary N) is 1. The van der Waals surface area contributed by atoms with Crippen molar-refractivity contribution >= 4 is 0 Å². The second-order valence-electron chi connectivity index (χ2n) is 6.06. The van der Waals surface area contributed by atoms with Gasteiger partial charge < -0.3 is 15.0 Å². The van der Waals surface area contributed by atoms with Crippen LogP contribution in [0, 0.1) is 0 Å². The maximum absolute atomic E-state index is 5.98. The molecule has 3 nitrogen and oxygen atoms in total.